The van der Waals surface area contributed by atoms with Crippen molar-refractivity contribution in [3.8, 4) is 5.75 Å². The number of halogens is 1. The third-order valence-corrected chi connectivity index (χ3v) is 6.91. The minimum Gasteiger partial charge on any atom is -0.496 e. The zero-order valence-corrected chi connectivity index (χ0v) is 18.5. The highest BCUT2D eigenvalue weighted by molar-refractivity contribution is 7.89. The van der Waals surface area contributed by atoms with Gasteiger partial charge in [-0.2, -0.15) is 0 Å². The lowest BCUT2D eigenvalue weighted by molar-refractivity contribution is 0.0172. The quantitative estimate of drug-likeness (QED) is 0.718. The smallest absolute Gasteiger partial charge is 0.240 e. The summed E-state index contributed by atoms with van der Waals surface area (Å²) in [5.74, 6) is 0.700. The molecule has 3 rings (SSSR count). The summed E-state index contributed by atoms with van der Waals surface area (Å²) in [4.78, 5) is 2.44. The Morgan fingerprint density at radius 1 is 1.17 bits per heavy atom. The van der Waals surface area contributed by atoms with Crippen molar-refractivity contribution in [3.05, 3.63) is 58.1 Å². The molecule has 2 aromatic carbocycles. The molecule has 1 N–H and O–H groups in total. The highest BCUT2D eigenvalue weighted by Crippen LogP contribution is 2.29. The molecule has 6 nitrogen and oxygen atoms in total. The lowest BCUT2D eigenvalue weighted by Gasteiger charge is -2.35. The van der Waals surface area contributed by atoms with Crippen LogP contribution >= 0.6 is 11.6 Å². The van der Waals surface area contributed by atoms with E-state index in [1.807, 2.05) is 38.1 Å². The van der Waals surface area contributed by atoms with Gasteiger partial charge in [0.2, 0.25) is 10.0 Å². The molecule has 158 valence electrons. The van der Waals surface area contributed by atoms with Crippen LogP contribution in [0.4, 0.5) is 0 Å². The minimum atomic E-state index is -3.69. The minimum absolute atomic E-state index is 0.178. The van der Waals surface area contributed by atoms with Gasteiger partial charge in [-0.1, -0.05) is 29.8 Å². The van der Waals surface area contributed by atoms with Crippen LogP contribution in [-0.4, -0.2) is 53.3 Å². The molecule has 0 radical (unpaired) electrons. The van der Waals surface area contributed by atoms with Crippen LogP contribution in [-0.2, 0) is 14.8 Å². The van der Waals surface area contributed by atoms with Gasteiger partial charge in [0.05, 0.1) is 25.2 Å². The molecular weight excluding hydrogens is 412 g/mol. The van der Waals surface area contributed by atoms with Crippen LogP contribution in [0, 0.1) is 13.8 Å². The molecule has 1 heterocycles. The predicted octanol–water partition coefficient (Wildman–Crippen LogP) is 3.32. The molecule has 29 heavy (non-hydrogen) atoms. The van der Waals surface area contributed by atoms with Crippen molar-refractivity contribution in [3.63, 3.8) is 0 Å². The van der Waals surface area contributed by atoms with E-state index in [0.29, 0.717) is 24.0 Å². The molecular formula is C21H27ClN2O4S. The Labute approximate surface area is 177 Å². The van der Waals surface area contributed by atoms with Crippen molar-refractivity contribution in [2.45, 2.75) is 24.8 Å². The van der Waals surface area contributed by atoms with Crippen molar-refractivity contribution >= 4 is 21.6 Å². The van der Waals surface area contributed by atoms with Crippen LogP contribution in [0.2, 0.25) is 5.02 Å². The van der Waals surface area contributed by atoms with E-state index < -0.39 is 10.0 Å². The van der Waals surface area contributed by atoms with Gasteiger partial charge in [-0.15, -0.1) is 0 Å². The Morgan fingerprint density at radius 2 is 1.79 bits per heavy atom. The van der Waals surface area contributed by atoms with Crippen LogP contribution in [0.3, 0.4) is 0 Å². The number of aryl methyl sites for hydroxylation is 2. The fraction of sp³-hybridized carbons (Fsp3) is 0.429. The first-order valence-corrected chi connectivity index (χ1v) is 11.4. The lowest BCUT2D eigenvalue weighted by Crippen LogP contribution is -2.43. The molecule has 0 amide bonds. The van der Waals surface area contributed by atoms with Crippen molar-refractivity contribution in [2.75, 3.05) is 40.0 Å². The molecule has 0 saturated carbocycles. The number of ether oxygens (including phenoxy) is 2. The number of methoxy groups -OCH3 is 1. The van der Waals surface area contributed by atoms with Gasteiger partial charge in [-0.3, -0.25) is 4.90 Å². The standard InChI is InChI=1S/C21H27ClN2O4S/c1-15-12-17(13-16(2)21(15)27-3)29(25,26)23-14-20(24-8-10-28-11-9-24)18-6-4-5-7-19(18)22/h4-7,12-13,20,23H,8-11,14H2,1-3H3. The summed E-state index contributed by atoms with van der Waals surface area (Å²) in [5, 5.41) is 0.624. The Hall–Kier alpha value is -1.64. The van der Waals surface area contributed by atoms with E-state index in [-0.39, 0.29) is 17.5 Å². The molecule has 1 aliphatic heterocycles. The second-order valence-electron chi connectivity index (χ2n) is 7.13. The van der Waals surface area contributed by atoms with Crippen molar-refractivity contribution in [1.29, 1.82) is 0 Å². The van der Waals surface area contributed by atoms with Crippen LogP contribution in [0.25, 0.3) is 0 Å². The number of morpholine rings is 1. The summed E-state index contributed by atoms with van der Waals surface area (Å²) in [5.41, 5.74) is 2.47. The van der Waals surface area contributed by atoms with E-state index in [9.17, 15) is 8.42 Å². The summed E-state index contributed by atoms with van der Waals surface area (Å²) in [6, 6.07) is 10.6. The summed E-state index contributed by atoms with van der Waals surface area (Å²) < 4.78 is 39.6. The van der Waals surface area contributed by atoms with Crippen LogP contribution < -0.4 is 9.46 Å². The second kappa shape index (κ2) is 9.45. The summed E-state index contributed by atoms with van der Waals surface area (Å²) in [6.07, 6.45) is 0. The van der Waals surface area contributed by atoms with Gasteiger partial charge in [0.15, 0.2) is 0 Å². The summed E-state index contributed by atoms with van der Waals surface area (Å²) >= 11 is 6.43. The molecule has 1 atom stereocenters. The predicted molar refractivity (Wildman–Crippen MR) is 114 cm³/mol. The van der Waals surface area contributed by atoms with E-state index in [0.717, 1.165) is 29.8 Å². The molecule has 1 fully saturated rings. The van der Waals surface area contributed by atoms with Gasteiger partial charge in [0, 0.05) is 30.7 Å². The van der Waals surface area contributed by atoms with Gasteiger partial charge >= 0.3 is 0 Å². The van der Waals surface area contributed by atoms with Crippen LogP contribution in [0.1, 0.15) is 22.7 Å². The summed E-state index contributed by atoms with van der Waals surface area (Å²) in [6.45, 7) is 6.57. The molecule has 2 aromatic rings. The Balaban J connectivity index is 1.86. The third kappa shape index (κ3) is 5.10. The molecule has 0 aromatic heterocycles. The summed E-state index contributed by atoms with van der Waals surface area (Å²) in [7, 11) is -2.11. The van der Waals surface area contributed by atoms with Crippen molar-refractivity contribution in [2.24, 2.45) is 0 Å². The van der Waals surface area contributed by atoms with Gasteiger partial charge < -0.3 is 9.47 Å². The number of nitrogens with zero attached hydrogens (tertiary/aromatic N) is 1. The molecule has 1 aliphatic rings. The van der Waals surface area contributed by atoms with Gasteiger partial charge in [0.25, 0.3) is 0 Å². The van der Waals surface area contributed by atoms with Crippen LogP contribution in [0.15, 0.2) is 41.3 Å². The fourth-order valence-electron chi connectivity index (χ4n) is 3.73. The fourth-order valence-corrected chi connectivity index (χ4v) is 5.20. The van der Waals surface area contributed by atoms with Crippen molar-refractivity contribution < 1.29 is 17.9 Å². The van der Waals surface area contributed by atoms with Crippen molar-refractivity contribution in [1.82, 2.24) is 9.62 Å². The van der Waals surface area contributed by atoms with Crippen LogP contribution in [0.5, 0.6) is 5.75 Å². The topological polar surface area (TPSA) is 67.9 Å². The SMILES string of the molecule is COc1c(C)cc(S(=O)(=O)NCC(c2ccccc2Cl)N2CCOCC2)cc1C. The monoisotopic (exact) mass is 438 g/mol. The Kier molecular flexibility index (Phi) is 7.19. The number of hydrogen-bond acceptors (Lipinski definition) is 5. The molecule has 0 spiro atoms. The van der Waals surface area contributed by atoms with E-state index in [1.165, 1.54) is 0 Å². The average molecular weight is 439 g/mol. The molecule has 0 aliphatic carbocycles. The zero-order chi connectivity index (χ0) is 21.0. The first kappa shape index (κ1) is 22.1. The molecule has 1 saturated heterocycles. The normalized spacial score (nSPS) is 16.6. The first-order chi connectivity index (χ1) is 13.8. The van der Waals surface area contributed by atoms with E-state index in [2.05, 4.69) is 9.62 Å². The third-order valence-electron chi connectivity index (χ3n) is 5.17. The number of nitrogens with one attached hydrogen (secondary N) is 1. The number of hydrogen-bond donors (Lipinski definition) is 1. The highest BCUT2D eigenvalue weighted by Gasteiger charge is 2.27. The average Bonchev–Trinajstić information content (AvgIpc) is 2.70. The molecule has 0 bridgehead atoms. The second-order valence-corrected chi connectivity index (χ2v) is 9.30. The first-order valence-electron chi connectivity index (χ1n) is 9.54. The van der Waals surface area contributed by atoms with Gasteiger partial charge in [-0.05, 0) is 48.7 Å². The maximum atomic E-state index is 13.0. The highest BCUT2D eigenvalue weighted by atomic mass is 35.5. The Bertz CT molecular complexity index is 936. The van der Waals surface area contributed by atoms with E-state index >= 15 is 0 Å². The zero-order valence-electron chi connectivity index (χ0n) is 16.9. The van der Waals surface area contributed by atoms with Gasteiger partial charge in [-0.25, -0.2) is 13.1 Å². The molecule has 8 heteroatoms. The van der Waals surface area contributed by atoms with E-state index in [1.54, 1.807) is 19.2 Å². The number of benzene rings is 2. The molecule has 1 unspecified atom stereocenters. The van der Waals surface area contributed by atoms with Gasteiger partial charge in [0.1, 0.15) is 5.75 Å². The largest absolute Gasteiger partial charge is 0.496 e. The number of sulfonamides is 1. The number of rotatable bonds is 7. The lowest BCUT2D eigenvalue weighted by atomic mass is 10.0. The Morgan fingerprint density at radius 3 is 2.38 bits per heavy atom. The maximum absolute atomic E-state index is 13.0. The maximum Gasteiger partial charge on any atom is 0.240 e. The van der Waals surface area contributed by atoms with E-state index in [4.69, 9.17) is 21.1 Å².